The van der Waals surface area contributed by atoms with Gasteiger partial charge in [0.1, 0.15) is 23.2 Å². The fourth-order valence-electron chi connectivity index (χ4n) is 3.92. The van der Waals surface area contributed by atoms with E-state index in [-0.39, 0.29) is 25.5 Å². The Bertz CT molecular complexity index is 1080. The molecular formula is C25H34N6O2S2. The lowest BCUT2D eigenvalue weighted by Crippen LogP contribution is -2.33. The molecule has 0 unspecified atom stereocenters. The van der Waals surface area contributed by atoms with E-state index in [0.29, 0.717) is 37.0 Å². The number of hydrogen-bond donors (Lipinski definition) is 2. The van der Waals surface area contributed by atoms with Crippen LogP contribution >= 0.6 is 24.8 Å². The van der Waals surface area contributed by atoms with Crippen molar-refractivity contribution in [2.24, 2.45) is 0 Å². The third kappa shape index (κ3) is 6.65. The molecule has 35 heavy (non-hydrogen) atoms. The molecule has 2 aromatic heterocycles. The summed E-state index contributed by atoms with van der Waals surface area (Å²) in [6.07, 6.45) is 2.54. The van der Waals surface area contributed by atoms with E-state index in [1.54, 1.807) is 17.5 Å². The average Bonchev–Trinajstić information content (AvgIpc) is 3.36. The van der Waals surface area contributed by atoms with Crippen LogP contribution in [0, 0.1) is 0 Å². The van der Waals surface area contributed by atoms with E-state index in [0.717, 1.165) is 30.8 Å². The molecule has 0 bridgehead atoms. The number of carbonyl (C=O) groups is 1. The Balaban J connectivity index is 0.00000342. The summed E-state index contributed by atoms with van der Waals surface area (Å²) in [5.41, 5.74) is 1.59. The molecule has 0 spiro atoms. The van der Waals surface area contributed by atoms with Crippen molar-refractivity contribution >= 4 is 42.5 Å². The highest BCUT2D eigenvalue weighted by molar-refractivity contribution is 7.59. The van der Waals surface area contributed by atoms with Gasteiger partial charge in [-0.3, -0.25) is 4.79 Å². The molecule has 0 saturated heterocycles. The first-order chi connectivity index (χ1) is 16.6. The second kappa shape index (κ2) is 12.8. The third-order valence-corrected chi connectivity index (χ3v) is 6.74. The van der Waals surface area contributed by atoms with Crippen molar-refractivity contribution in [1.29, 1.82) is 0 Å². The maximum absolute atomic E-state index is 13.3. The van der Waals surface area contributed by atoms with Gasteiger partial charge < -0.3 is 25.2 Å². The standard InChI is InChI=1S/C25H32N6O2S.H2S/c1-4-27-25-28-16-20-23(29-25)30(3)13-14-31(24(20)32)17-18-7-9-19(10-8-18)33-21(11-12-26-2)22-6-5-15-34-22;/h5-10,15-16,21,26H,4,11-14,17H2,1-3H3,(H,27,28,29);1H2/t21-;/m0./s1. The minimum atomic E-state index is -0.0486. The van der Waals surface area contributed by atoms with Gasteiger partial charge >= 0.3 is 0 Å². The van der Waals surface area contributed by atoms with Gasteiger partial charge in [-0.15, -0.1) is 11.3 Å². The zero-order valence-corrected chi connectivity index (χ0v) is 22.3. The number of hydrogen-bond acceptors (Lipinski definition) is 8. The van der Waals surface area contributed by atoms with Crippen LogP contribution in [0.4, 0.5) is 11.8 Å². The van der Waals surface area contributed by atoms with E-state index < -0.39 is 0 Å². The lowest BCUT2D eigenvalue weighted by atomic mass is 10.1. The SMILES string of the molecule is CCNc1ncc2c(n1)N(C)CCN(Cc1ccc(O[C@@H](CCNC)c3cccs3)cc1)C2=O.S. The molecular weight excluding hydrogens is 480 g/mol. The number of thiophene rings is 1. The molecule has 1 aliphatic heterocycles. The number of aromatic nitrogens is 2. The monoisotopic (exact) mass is 514 g/mol. The van der Waals surface area contributed by atoms with E-state index in [1.165, 1.54) is 4.88 Å². The Hall–Kier alpha value is -2.82. The van der Waals surface area contributed by atoms with E-state index >= 15 is 0 Å². The van der Waals surface area contributed by atoms with Crippen LogP contribution in [-0.2, 0) is 6.54 Å². The van der Waals surface area contributed by atoms with E-state index in [4.69, 9.17) is 4.74 Å². The van der Waals surface area contributed by atoms with Crippen molar-refractivity contribution in [1.82, 2.24) is 20.2 Å². The molecule has 1 atom stereocenters. The lowest BCUT2D eigenvalue weighted by Gasteiger charge is -2.22. The first-order valence-corrected chi connectivity index (χ1v) is 12.5. The van der Waals surface area contributed by atoms with Crippen molar-refractivity contribution in [2.45, 2.75) is 26.0 Å². The number of benzene rings is 1. The Labute approximate surface area is 218 Å². The molecule has 0 radical (unpaired) electrons. The summed E-state index contributed by atoms with van der Waals surface area (Å²) in [6.45, 7) is 5.45. The number of nitrogens with one attached hydrogen (secondary N) is 2. The third-order valence-electron chi connectivity index (χ3n) is 5.78. The highest BCUT2D eigenvalue weighted by atomic mass is 32.1. The normalized spacial score (nSPS) is 14.1. The van der Waals surface area contributed by atoms with Crippen LogP contribution in [0.2, 0.25) is 0 Å². The highest BCUT2D eigenvalue weighted by Crippen LogP contribution is 2.29. The molecule has 4 rings (SSSR count). The summed E-state index contributed by atoms with van der Waals surface area (Å²) in [6, 6.07) is 12.2. The van der Waals surface area contributed by atoms with Crippen molar-refractivity contribution < 1.29 is 9.53 Å². The zero-order chi connectivity index (χ0) is 23.9. The first kappa shape index (κ1) is 26.8. The number of likely N-dealkylation sites (N-methyl/N-ethyl adjacent to an activating group) is 1. The summed E-state index contributed by atoms with van der Waals surface area (Å²) in [5, 5.41) is 8.39. The number of fused-ring (bicyclic) bond motifs is 1. The maximum atomic E-state index is 13.3. The molecule has 0 fully saturated rings. The molecule has 2 N–H and O–H groups in total. The van der Waals surface area contributed by atoms with E-state index in [1.807, 2.05) is 55.1 Å². The van der Waals surface area contributed by atoms with Gasteiger partial charge in [0.15, 0.2) is 0 Å². The Morgan fingerprint density at radius 2 is 2.00 bits per heavy atom. The van der Waals surface area contributed by atoms with Gasteiger partial charge in [0.05, 0.1) is 0 Å². The summed E-state index contributed by atoms with van der Waals surface area (Å²) >= 11 is 1.71. The molecule has 8 nitrogen and oxygen atoms in total. The van der Waals surface area contributed by atoms with Gasteiger partial charge in [-0.2, -0.15) is 18.5 Å². The number of amides is 1. The number of ether oxygens (including phenoxy) is 1. The smallest absolute Gasteiger partial charge is 0.259 e. The maximum Gasteiger partial charge on any atom is 0.259 e. The predicted octanol–water partition coefficient (Wildman–Crippen LogP) is 3.90. The fourth-order valence-corrected chi connectivity index (χ4v) is 4.71. The summed E-state index contributed by atoms with van der Waals surface area (Å²) in [4.78, 5) is 27.2. The quantitative estimate of drug-likeness (QED) is 0.425. The molecule has 10 heteroatoms. The number of anilines is 2. The lowest BCUT2D eigenvalue weighted by molar-refractivity contribution is 0.0754. The van der Waals surface area contributed by atoms with Crippen molar-refractivity contribution in [3.05, 3.63) is 64.0 Å². The Morgan fingerprint density at radius 3 is 2.69 bits per heavy atom. The number of nitrogens with zero attached hydrogens (tertiary/aromatic N) is 4. The summed E-state index contributed by atoms with van der Waals surface area (Å²) in [7, 11) is 3.91. The minimum Gasteiger partial charge on any atom is -0.485 e. The van der Waals surface area contributed by atoms with Gasteiger partial charge in [0.25, 0.3) is 5.91 Å². The van der Waals surface area contributed by atoms with Gasteiger partial charge in [0, 0.05) is 50.7 Å². The van der Waals surface area contributed by atoms with Crippen LogP contribution < -0.4 is 20.3 Å². The number of rotatable bonds is 10. The molecule has 0 aliphatic carbocycles. The largest absolute Gasteiger partial charge is 0.485 e. The highest BCUT2D eigenvalue weighted by Gasteiger charge is 2.27. The Kier molecular flexibility index (Phi) is 9.76. The topological polar surface area (TPSA) is 82.6 Å². The first-order valence-electron chi connectivity index (χ1n) is 11.6. The Morgan fingerprint density at radius 1 is 1.20 bits per heavy atom. The molecule has 1 aromatic carbocycles. The van der Waals surface area contributed by atoms with Gasteiger partial charge in [-0.25, -0.2) is 4.98 Å². The van der Waals surface area contributed by atoms with Crippen LogP contribution in [0.1, 0.15) is 40.2 Å². The van der Waals surface area contributed by atoms with Crippen molar-refractivity contribution in [3.63, 3.8) is 0 Å². The van der Waals surface area contributed by atoms with Crippen LogP contribution in [0.3, 0.4) is 0 Å². The molecule has 1 amide bonds. The van der Waals surface area contributed by atoms with Crippen molar-refractivity contribution in [2.75, 3.05) is 50.5 Å². The van der Waals surface area contributed by atoms with Crippen molar-refractivity contribution in [3.8, 4) is 5.75 Å². The zero-order valence-electron chi connectivity index (χ0n) is 20.5. The molecule has 0 saturated carbocycles. The molecule has 3 heterocycles. The average molecular weight is 515 g/mol. The molecule has 1 aliphatic rings. The summed E-state index contributed by atoms with van der Waals surface area (Å²) in [5.74, 6) is 1.99. The van der Waals surface area contributed by atoms with Crippen LogP contribution in [0.5, 0.6) is 5.75 Å². The molecule has 3 aromatic rings. The van der Waals surface area contributed by atoms with E-state index in [2.05, 4.69) is 38.1 Å². The number of carbonyl (C=O) groups excluding carboxylic acids is 1. The van der Waals surface area contributed by atoms with Gasteiger partial charge in [-0.05, 0) is 49.7 Å². The predicted molar refractivity (Wildman–Crippen MR) is 147 cm³/mol. The van der Waals surface area contributed by atoms with Gasteiger partial charge in [0.2, 0.25) is 5.95 Å². The second-order valence-electron chi connectivity index (χ2n) is 8.27. The van der Waals surface area contributed by atoms with Gasteiger partial charge in [-0.1, -0.05) is 18.2 Å². The minimum absolute atomic E-state index is 0. The van der Waals surface area contributed by atoms with E-state index in [9.17, 15) is 4.79 Å². The van der Waals surface area contributed by atoms with Crippen LogP contribution in [0.15, 0.2) is 48.0 Å². The summed E-state index contributed by atoms with van der Waals surface area (Å²) < 4.78 is 6.30. The molecule has 188 valence electrons. The fraction of sp³-hybridized carbons (Fsp3) is 0.400. The van der Waals surface area contributed by atoms with Crippen LogP contribution in [-0.4, -0.2) is 61.0 Å². The second-order valence-corrected chi connectivity index (χ2v) is 9.25. The van der Waals surface area contributed by atoms with Crippen LogP contribution in [0.25, 0.3) is 0 Å².